The van der Waals surface area contributed by atoms with E-state index in [0.717, 1.165) is 50.8 Å². The summed E-state index contributed by atoms with van der Waals surface area (Å²) >= 11 is 0. The van der Waals surface area contributed by atoms with Gasteiger partial charge < -0.3 is 9.30 Å². The summed E-state index contributed by atoms with van der Waals surface area (Å²) in [7, 11) is 0. The maximum Gasteiger partial charge on any atom is 0.147 e. The Hall–Kier alpha value is -2.40. The van der Waals surface area contributed by atoms with Crippen LogP contribution >= 0.6 is 0 Å². The fourth-order valence-electron chi connectivity index (χ4n) is 3.86. The van der Waals surface area contributed by atoms with Gasteiger partial charge in [0.05, 0.1) is 13.2 Å². The second-order valence-corrected chi connectivity index (χ2v) is 7.36. The van der Waals surface area contributed by atoms with E-state index in [1.807, 2.05) is 0 Å². The lowest BCUT2D eigenvalue weighted by Gasteiger charge is -2.27. The first-order valence-electron chi connectivity index (χ1n) is 9.63. The third-order valence-electron chi connectivity index (χ3n) is 5.43. The first-order chi connectivity index (χ1) is 12.9. The average Bonchev–Trinajstić information content (AvgIpc) is 3.44. The number of nitrogens with zero attached hydrogens (tertiary/aromatic N) is 4. The summed E-state index contributed by atoms with van der Waals surface area (Å²) in [5.74, 6) is 4.01. The summed E-state index contributed by atoms with van der Waals surface area (Å²) < 4.78 is 8.41. The Kier molecular flexibility index (Phi) is 4.09. The number of hydrogen-bond acceptors (Lipinski definition) is 4. The number of hydrogen-bond donors (Lipinski definition) is 0. The van der Waals surface area contributed by atoms with Crippen LogP contribution in [0, 0.1) is 0 Å². The van der Waals surface area contributed by atoms with E-state index in [-0.39, 0.29) is 0 Å². The molecule has 1 aliphatic heterocycles. The van der Waals surface area contributed by atoms with Crippen LogP contribution in [0.25, 0.3) is 10.8 Å². The third-order valence-corrected chi connectivity index (χ3v) is 5.43. The third kappa shape index (κ3) is 3.07. The molecular weight excluding hydrogens is 324 g/mol. The lowest BCUT2D eigenvalue weighted by atomic mass is 10.1. The summed E-state index contributed by atoms with van der Waals surface area (Å²) in [4.78, 5) is 2.47. The molecule has 1 saturated carbocycles. The normalized spacial score (nSPS) is 17.4. The molecule has 2 aliphatic rings. The number of aromatic nitrogens is 3. The van der Waals surface area contributed by atoms with Crippen molar-refractivity contribution in [1.82, 2.24) is 19.7 Å². The standard InChI is InChI=1S/C21H24N4O/c1-2-7-18-16(5-1)6-3-8-19(18)26-14-4-11-24-12-13-25-20(15-24)22-23-21(25)17-9-10-17/h1-3,5-8,17H,4,9-15H2. The highest BCUT2D eigenvalue weighted by Crippen LogP contribution is 2.39. The van der Waals surface area contributed by atoms with Crippen LogP contribution in [0.2, 0.25) is 0 Å². The van der Waals surface area contributed by atoms with Crippen LogP contribution in [0.15, 0.2) is 42.5 Å². The van der Waals surface area contributed by atoms with Crippen LogP contribution in [-0.2, 0) is 13.1 Å². The van der Waals surface area contributed by atoms with Gasteiger partial charge in [-0.2, -0.15) is 0 Å². The van der Waals surface area contributed by atoms with E-state index in [1.54, 1.807) is 0 Å². The molecule has 0 amide bonds. The van der Waals surface area contributed by atoms with Crippen molar-refractivity contribution in [2.24, 2.45) is 0 Å². The van der Waals surface area contributed by atoms with Crippen LogP contribution in [-0.4, -0.2) is 39.4 Å². The van der Waals surface area contributed by atoms with Crippen LogP contribution in [0.4, 0.5) is 0 Å². The van der Waals surface area contributed by atoms with Crippen molar-refractivity contribution < 1.29 is 4.74 Å². The SMILES string of the molecule is c1ccc2c(OCCCN3CCn4c(nnc4C4CC4)C3)cccc2c1. The summed E-state index contributed by atoms with van der Waals surface area (Å²) in [6.45, 7) is 4.80. The maximum atomic E-state index is 6.06. The van der Waals surface area contributed by atoms with Gasteiger partial charge in [0, 0.05) is 30.9 Å². The lowest BCUT2D eigenvalue weighted by molar-refractivity contribution is 0.194. The Labute approximate surface area is 153 Å². The van der Waals surface area contributed by atoms with Gasteiger partial charge >= 0.3 is 0 Å². The first-order valence-corrected chi connectivity index (χ1v) is 9.63. The number of rotatable bonds is 6. The Bertz CT molecular complexity index is 910. The molecule has 0 radical (unpaired) electrons. The Morgan fingerprint density at radius 3 is 2.81 bits per heavy atom. The molecule has 5 rings (SSSR count). The van der Waals surface area contributed by atoms with Gasteiger partial charge in [0.2, 0.25) is 0 Å². The molecule has 2 heterocycles. The number of benzene rings is 2. The molecule has 26 heavy (non-hydrogen) atoms. The molecule has 0 saturated heterocycles. The highest BCUT2D eigenvalue weighted by Gasteiger charge is 2.31. The average molecular weight is 348 g/mol. The molecular formula is C21H24N4O. The summed E-state index contributed by atoms with van der Waals surface area (Å²) in [6, 6.07) is 14.6. The van der Waals surface area contributed by atoms with Crippen LogP contribution in [0.3, 0.4) is 0 Å². The summed E-state index contributed by atoms with van der Waals surface area (Å²) in [5.41, 5.74) is 0. The topological polar surface area (TPSA) is 43.2 Å². The minimum absolute atomic E-state index is 0.678. The monoisotopic (exact) mass is 348 g/mol. The van der Waals surface area contributed by atoms with Crippen molar-refractivity contribution in [3.05, 3.63) is 54.1 Å². The Morgan fingerprint density at radius 2 is 1.88 bits per heavy atom. The van der Waals surface area contributed by atoms with Crippen LogP contribution in [0.1, 0.15) is 36.8 Å². The molecule has 0 N–H and O–H groups in total. The van der Waals surface area contributed by atoms with E-state index in [4.69, 9.17) is 4.74 Å². The zero-order valence-electron chi connectivity index (χ0n) is 15.0. The molecule has 2 aromatic carbocycles. The Morgan fingerprint density at radius 1 is 1.00 bits per heavy atom. The zero-order valence-corrected chi connectivity index (χ0v) is 15.0. The van der Waals surface area contributed by atoms with Crippen molar-refractivity contribution in [3.63, 3.8) is 0 Å². The molecule has 0 unspecified atom stereocenters. The smallest absolute Gasteiger partial charge is 0.147 e. The molecule has 1 fully saturated rings. The second kappa shape index (κ2) is 6.72. The number of ether oxygens (including phenoxy) is 1. The van der Waals surface area contributed by atoms with E-state index in [0.29, 0.717) is 5.92 Å². The molecule has 1 aliphatic carbocycles. The second-order valence-electron chi connectivity index (χ2n) is 7.36. The highest BCUT2D eigenvalue weighted by atomic mass is 16.5. The van der Waals surface area contributed by atoms with Gasteiger partial charge in [0.25, 0.3) is 0 Å². The van der Waals surface area contributed by atoms with Gasteiger partial charge in [0.1, 0.15) is 17.4 Å². The van der Waals surface area contributed by atoms with E-state index < -0.39 is 0 Å². The van der Waals surface area contributed by atoms with Gasteiger partial charge in [-0.25, -0.2) is 0 Å². The molecule has 1 aromatic heterocycles. The molecule has 3 aromatic rings. The summed E-state index contributed by atoms with van der Waals surface area (Å²) in [6.07, 6.45) is 3.59. The molecule has 5 heteroatoms. The van der Waals surface area contributed by atoms with Gasteiger partial charge in [-0.05, 0) is 30.7 Å². The minimum Gasteiger partial charge on any atom is -0.493 e. The lowest BCUT2D eigenvalue weighted by Crippen LogP contribution is -2.35. The summed E-state index contributed by atoms with van der Waals surface area (Å²) in [5, 5.41) is 11.3. The minimum atomic E-state index is 0.678. The van der Waals surface area contributed by atoms with E-state index in [2.05, 4.69) is 62.1 Å². The largest absolute Gasteiger partial charge is 0.493 e. The zero-order chi connectivity index (χ0) is 17.3. The highest BCUT2D eigenvalue weighted by molar-refractivity contribution is 5.88. The van der Waals surface area contributed by atoms with Crippen molar-refractivity contribution in [1.29, 1.82) is 0 Å². The van der Waals surface area contributed by atoms with Crippen molar-refractivity contribution >= 4 is 10.8 Å². The van der Waals surface area contributed by atoms with E-state index in [1.165, 1.54) is 29.4 Å². The predicted octanol–water partition coefficient (Wildman–Crippen LogP) is 3.59. The molecule has 5 nitrogen and oxygen atoms in total. The van der Waals surface area contributed by atoms with Gasteiger partial charge in [-0.15, -0.1) is 10.2 Å². The molecule has 0 bridgehead atoms. The molecule has 0 atom stereocenters. The van der Waals surface area contributed by atoms with E-state index >= 15 is 0 Å². The van der Waals surface area contributed by atoms with E-state index in [9.17, 15) is 0 Å². The fraction of sp³-hybridized carbons (Fsp3) is 0.429. The first kappa shape index (κ1) is 15.8. The van der Waals surface area contributed by atoms with Crippen molar-refractivity contribution in [2.45, 2.75) is 38.3 Å². The van der Waals surface area contributed by atoms with Crippen molar-refractivity contribution in [2.75, 3.05) is 19.7 Å². The van der Waals surface area contributed by atoms with Crippen LogP contribution in [0.5, 0.6) is 5.75 Å². The van der Waals surface area contributed by atoms with Crippen molar-refractivity contribution in [3.8, 4) is 5.75 Å². The number of fused-ring (bicyclic) bond motifs is 2. The predicted molar refractivity (Wildman–Crippen MR) is 101 cm³/mol. The van der Waals surface area contributed by atoms with Gasteiger partial charge in [-0.1, -0.05) is 36.4 Å². The quantitative estimate of drug-likeness (QED) is 0.639. The fourth-order valence-corrected chi connectivity index (χ4v) is 3.86. The Balaban J connectivity index is 1.15. The molecule has 134 valence electrons. The van der Waals surface area contributed by atoms with Gasteiger partial charge in [-0.3, -0.25) is 4.90 Å². The van der Waals surface area contributed by atoms with Gasteiger partial charge in [0.15, 0.2) is 0 Å². The maximum absolute atomic E-state index is 6.06. The van der Waals surface area contributed by atoms with Crippen LogP contribution < -0.4 is 4.74 Å². The molecule has 0 spiro atoms.